The quantitative estimate of drug-likeness (QED) is 0.563. The van der Waals surface area contributed by atoms with Crippen LogP contribution in [0.5, 0.6) is 0 Å². The Balaban J connectivity index is 1.93. The van der Waals surface area contributed by atoms with E-state index in [4.69, 9.17) is 0 Å². The fraction of sp³-hybridized carbons (Fsp3) is 0.400. The molecule has 2 aromatic carbocycles. The van der Waals surface area contributed by atoms with Crippen molar-refractivity contribution >= 4 is 26.4 Å². The monoisotopic (exact) mass is 456 g/mol. The zero-order chi connectivity index (χ0) is 23.2. The number of hydrogen-bond acceptors (Lipinski definition) is 4. The molecule has 1 aliphatic heterocycles. The Labute approximate surface area is 188 Å². The highest BCUT2D eigenvalue weighted by Gasteiger charge is 2.27. The third kappa shape index (κ3) is 3.83. The van der Waals surface area contributed by atoms with Gasteiger partial charge in [0.15, 0.2) is 0 Å². The summed E-state index contributed by atoms with van der Waals surface area (Å²) in [4.78, 5) is 15.1. The van der Waals surface area contributed by atoms with Crippen molar-refractivity contribution < 1.29 is 12.8 Å². The van der Waals surface area contributed by atoms with Gasteiger partial charge in [0.25, 0.3) is 0 Å². The van der Waals surface area contributed by atoms with Crippen molar-refractivity contribution in [3.8, 4) is 0 Å². The van der Waals surface area contributed by atoms with Crippen LogP contribution in [0, 0.1) is 25.6 Å². The van der Waals surface area contributed by atoms with Gasteiger partial charge >= 0.3 is 0 Å². The number of aromatic nitrogens is 1. The maximum Gasteiger partial charge on any atom is 0.212 e. The Morgan fingerprint density at radius 2 is 1.88 bits per heavy atom. The number of nitrogens with zero attached hydrogens (tertiary/aromatic N) is 2. The molecule has 32 heavy (non-hydrogen) atoms. The zero-order valence-corrected chi connectivity index (χ0v) is 19.8. The predicted molar refractivity (Wildman–Crippen MR) is 126 cm³/mol. The van der Waals surface area contributed by atoms with E-state index in [1.54, 1.807) is 29.7 Å². The van der Waals surface area contributed by atoms with Crippen molar-refractivity contribution in [1.29, 1.82) is 0 Å². The van der Waals surface area contributed by atoms with E-state index in [2.05, 4.69) is 6.92 Å². The molecule has 5 nitrogen and oxygen atoms in total. The Bertz CT molecular complexity index is 1360. The summed E-state index contributed by atoms with van der Waals surface area (Å²) >= 11 is 0. The fourth-order valence-electron chi connectivity index (χ4n) is 4.70. The maximum atomic E-state index is 15.2. The van der Waals surface area contributed by atoms with Crippen LogP contribution in [0.4, 0.5) is 10.1 Å². The lowest BCUT2D eigenvalue weighted by Gasteiger charge is -2.33. The summed E-state index contributed by atoms with van der Waals surface area (Å²) < 4.78 is 43.7. The molecule has 1 aromatic heterocycles. The van der Waals surface area contributed by atoms with E-state index in [0.717, 1.165) is 31.5 Å². The van der Waals surface area contributed by atoms with E-state index in [1.807, 2.05) is 18.7 Å². The summed E-state index contributed by atoms with van der Waals surface area (Å²) in [6.07, 6.45) is 3.51. The second-order valence-electron chi connectivity index (χ2n) is 8.90. The number of rotatable bonds is 4. The van der Waals surface area contributed by atoms with Gasteiger partial charge in [-0.25, -0.2) is 12.8 Å². The van der Waals surface area contributed by atoms with E-state index < -0.39 is 21.1 Å². The zero-order valence-electron chi connectivity index (χ0n) is 19.0. The molecule has 4 rings (SSSR count). The van der Waals surface area contributed by atoms with Crippen molar-refractivity contribution in [2.75, 3.05) is 18.0 Å². The molecule has 3 aromatic rings. The van der Waals surface area contributed by atoms with Crippen LogP contribution in [0.3, 0.4) is 0 Å². The Morgan fingerprint density at radius 1 is 1.12 bits per heavy atom. The van der Waals surface area contributed by atoms with E-state index in [1.165, 1.54) is 18.3 Å². The van der Waals surface area contributed by atoms with Crippen LogP contribution in [0.1, 0.15) is 37.8 Å². The highest BCUT2D eigenvalue weighted by Crippen LogP contribution is 2.30. The second kappa shape index (κ2) is 8.35. The van der Waals surface area contributed by atoms with Gasteiger partial charge in [-0.3, -0.25) is 4.79 Å². The smallest absolute Gasteiger partial charge is 0.212 e. The van der Waals surface area contributed by atoms with Crippen LogP contribution in [0.25, 0.3) is 10.9 Å². The van der Waals surface area contributed by atoms with Gasteiger partial charge in [0, 0.05) is 25.8 Å². The minimum atomic E-state index is -4.06. The minimum Gasteiger partial charge on any atom is -0.369 e. The molecule has 7 heteroatoms. The van der Waals surface area contributed by atoms with Gasteiger partial charge in [-0.1, -0.05) is 24.6 Å². The van der Waals surface area contributed by atoms with Gasteiger partial charge in [0.2, 0.25) is 15.3 Å². The van der Waals surface area contributed by atoms with E-state index in [-0.39, 0.29) is 15.2 Å². The molecule has 0 aliphatic carbocycles. The summed E-state index contributed by atoms with van der Waals surface area (Å²) in [6, 6.07) is 7.92. The maximum absolute atomic E-state index is 15.2. The van der Waals surface area contributed by atoms with Crippen LogP contribution in [0.15, 0.2) is 51.1 Å². The Hall–Kier alpha value is -2.67. The number of aryl methyl sites for hydroxylation is 3. The van der Waals surface area contributed by atoms with Gasteiger partial charge in [0.05, 0.1) is 21.5 Å². The number of piperidine rings is 1. The number of anilines is 1. The minimum absolute atomic E-state index is 0.0870. The molecule has 1 saturated heterocycles. The first-order chi connectivity index (χ1) is 15.1. The number of pyridine rings is 1. The predicted octanol–water partition coefficient (Wildman–Crippen LogP) is 4.85. The normalized spacial score (nSPS) is 17.2. The molecule has 2 heterocycles. The molecule has 1 fully saturated rings. The summed E-state index contributed by atoms with van der Waals surface area (Å²) in [5.41, 5.74) is 1.87. The first kappa shape index (κ1) is 22.5. The third-order valence-electron chi connectivity index (χ3n) is 6.36. The van der Waals surface area contributed by atoms with E-state index in [0.29, 0.717) is 29.2 Å². The lowest BCUT2D eigenvalue weighted by atomic mass is 9.99. The van der Waals surface area contributed by atoms with Crippen molar-refractivity contribution in [3.05, 3.63) is 63.7 Å². The van der Waals surface area contributed by atoms with Gasteiger partial charge in [-0.2, -0.15) is 0 Å². The van der Waals surface area contributed by atoms with Crippen molar-refractivity contribution in [2.45, 2.75) is 56.9 Å². The number of benzene rings is 2. The van der Waals surface area contributed by atoms with Crippen LogP contribution in [-0.4, -0.2) is 26.1 Å². The summed E-state index contributed by atoms with van der Waals surface area (Å²) in [5.74, 6) is -0.0232. The molecule has 1 aliphatic rings. The average Bonchev–Trinajstić information content (AvgIpc) is 2.73. The highest BCUT2D eigenvalue weighted by atomic mass is 32.2. The SMILES string of the molecule is CCn1cc(S(=O)(=O)c2ccc(C)cc2C)c(=O)c2cc(F)c(N3CCC[C@H](C)C3)cc21. The molecule has 0 amide bonds. The first-order valence-electron chi connectivity index (χ1n) is 11.1. The number of halogens is 1. The molecule has 0 spiro atoms. The summed E-state index contributed by atoms with van der Waals surface area (Å²) in [6.45, 7) is 9.60. The number of hydrogen-bond donors (Lipinski definition) is 0. The largest absolute Gasteiger partial charge is 0.369 e. The molecule has 0 N–H and O–H groups in total. The Kier molecular flexibility index (Phi) is 5.88. The van der Waals surface area contributed by atoms with E-state index in [9.17, 15) is 13.2 Å². The molecule has 1 atom stereocenters. The van der Waals surface area contributed by atoms with Crippen LogP contribution in [0.2, 0.25) is 0 Å². The van der Waals surface area contributed by atoms with Gasteiger partial charge in [-0.15, -0.1) is 0 Å². The molecule has 170 valence electrons. The van der Waals surface area contributed by atoms with E-state index >= 15 is 4.39 Å². The van der Waals surface area contributed by atoms with Gasteiger partial charge in [0.1, 0.15) is 10.7 Å². The Morgan fingerprint density at radius 3 is 2.53 bits per heavy atom. The summed E-state index contributed by atoms with van der Waals surface area (Å²) in [5, 5.41) is 0.0870. The molecular weight excluding hydrogens is 427 g/mol. The standard InChI is InChI=1S/C25H29FN2O3S/c1-5-27-15-24(32(30,31)23-9-8-16(2)11-18(23)4)25(29)19-12-20(26)22(13-21(19)27)28-10-6-7-17(3)14-28/h8-9,11-13,15,17H,5-7,10,14H2,1-4H3/t17-/m0/s1. The van der Waals surface area contributed by atoms with Gasteiger partial charge in [-0.05, 0) is 63.3 Å². The van der Waals surface area contributed by atoms with Crippen molar-refractivity contribution in [2.24, 2.45) is 5.92 Å². The molecule has 0 bridgehead atoms. The van der Waals surface area contributed by atoms with Gasteiger partial charge < -0.3 is 9.47 Å². The lowest BCUT2D eigenvalue weighted by Crippen LogP contribution is -2.35. The van der Waals surface area contributed by atoms with Crippen molar-refractivity contribution in [3.63, 3.8) is 0 Å². The number of fused-ring (bicyclic) bond motifs is 1. The molecule has 0 saturated carbocycles. The molecular formula is C25H29FN2O3S. The number of sulfone groups is 1. The molecule has 0 unspecified atom stereocenters. The average molecular weight is 457 g/mol. The lowest BCUT2D eigenvalue weighted by molar-refractivity contribution is 0.442. The molecule has 0 radical (unpaired) electrons. The second-order valence-corrected chi connectivity index (χ2v) is 10.8. The fourth-order valence-corrected chi connectivity index (χ4v) is 6.28. The van der Waals surface area contributed by atoms with Crippen molar-refractivity contribution in [1.82, 2.24) is 4.57 Å². The topological polar surface area (TPSA) is 59.4 Å². The highest BCUT2D eigenvalue weighted by molar-refractivity contribution is 7.91. The van der Waals surface area contributed by atoms with Crippen LogP contribution >= 0.6 is 0 Å². The first-order valence-corrected chi connectivity index (χ1v) is 12.6. The summed E-state index contributed by atoms with van der Waals surface area (Å²) in [7, 11) is -4.06. The third-order valence-corrected chi connectivity index (χ3v) is 8.27. The van der Waals surface area contributed by atoms with Crippen LogP contribution < -0.4 is 10.3 Å². The van der Waals surface area contributed by atoms with Crippen LogP contribution in [-0.2, 0) is 16.4 Å².